The van der Waals surface area contributed by atoms with Crippen molar-refractivity contribution < 1.29 is 9.59 Å². The number of hydrogen-bond acceptors (Lipinski definition) is 6. The van der Waals surface area contributed by atoms with E-state index in [1.54, 1.807) is 30.7 Å². The summed E-state index contributed by atoms with van der Waals surface area (Å²) in [5.41, 5.74) is 15.3. The Balaban J connectivity index is 1.36. The van der Waals surface area contributed by atoms with Crippen LogP contribution in [0.1, 0.15) is 18.4 Å². The highest BCUT2D eigenvalue weighted by Crippen LogP contribution is 2.59. The highest BCUT2D eigenvalue weighted by molar-refractivity contribution is 6.01. The number of nitrogens with zero attached hydrogens (tertiary/aromatic N) is 3. The van der Waals surface area contributed by atoms with E-state index in [9.17, 15) is 9.59 Å². The summed E-state index contributed by atoms with van der Waals surface area (Å²) in [6, 6.07) is 5.62. The Morgan fingerprint density at radius 2 is 1.97 bits per heavy atom. The number of nitrogens with two attached hydrogens (primary N) is 2. The second-order valence-corrected chi connectivity index (χ2v) is 8.33. The SMILES string of the molecule is Cc1ccncc1-c1cc2cc(NC(=O)C=C3C[C@@H]4C(C(N)=O)[C@@H]4C3)ncc2c(N)n1. The average Bonchev–Trinajstić information content (AvgIpc) is 3.24. The number of amides is 2. The van der Waals surface area contributed by atoms with Crippen molar-refractivity contribution in [2.24, 2.45) is 23.5 Å². The number of allylic oxidation sites excluding steroid dienone is 1. The Morgan fingerprint density at radius 3 is 2.68 bits per heavy atom. The molecule has 0 saturated heterocycles. The zero-order valence-corrected chi connectivity index (χ0v) is 17.0. The third-order valence-corrected chi connectivity index (χ3v) is 6.30. The van der Waals surface area contributed by atoms with Gasteiger partial charge < -0.3 is 16.8 Å². The molecule has 0 spiro atoms. The first-order chi connectivity index (χ1) is 14.9. The summed E-state index contributed by atoms with van der Waals surface area (Å²) >= 11 is 0. The molecule has 0 aromatic carbocycles. The number of nitrogens with one attached hydrogen (secondary N) is 1. The molecule has 5 N–H and O–H groups in total. The highest BCUT2D eigenvalue weighted by atomic mass is 16.2. The summed E-state index contributed by atoms with van der Waals surface area (Å²) in [7, 11) is 0. The van der Waals surface area contributed by atoms with Crippen LogP contribution in [0.3, 0.4) is 0 Å². The van der Waals surface area contributed by atoms with Gasteiger partial charge >= 0.3 is 0 Å². The molecule has 2 aliphatic carbocycles. The minimum absolute atomic E-state index is 0.0147. The maximum absolute atomic E-state index is 12.5. The number of carbonyl (C=O) groups is 2. The summed E-state index contributed by atoms with van der Waals surface area (Å²) in [6.07, 6.45) is 8.23. The minimum atomic E-state index is -0.232. The van der Waals surface area contributed by atoms with Gasteiger partial charge in [-0.2, -0.15) is 0 Å². The molecule has 0 bridgehead atoms. The van der Waals surface area contributed by atoms with Gasteiger partial charge in [0.05, 0.1) is 5.69 Å². The van der Waals surface area contributed by atoms with Gasteiger partial charge in [-0.05, 0) is 60.7 Å². The Bertz CT molecular complexity index is 1250. The van der Waals surface area contributed by atoms with Crippen LogP contribution in [0, 0.1) is 24.7 Å². The van der Waals surface area contributed by atoms with Crippen molar-refractivity contribution in [1.82, 2.24) is 15.0 Å². The van der Waals surface area contributed by atoms with Gasteiger partial charge in [0.2, 0.25) is 11.8 Å². The summed E-state index contributed by atoms with van der Waals surface area (Å²) in [5.74, 6) is 0.946. The molecule has 31 heavy (non-hydrogen) atoms. The third kappa shape index (κ3) is 3.50. The number of pyridine rings is 3. The summed E-state index contributed by atoms with van der Waals surface area (Å²) in [6.45, 7) is 1.99. The molecule has 2 fully saturated rings. The molecule has 3 aromatic heterocycles. The number of nitrogen functional groups attached to an aromatic ring is 1. The molecule has 2 aliphatic rings. The molecule has 8 nitrogen and oxygen atoms in total. The molecule has 0 radical (unpaired) electrons. The number of fused-ring (bicyclic) bond motifs is 2. The smallest absolute Gasteiger partial charge is 0.249 e. The van der Waals surface area contributed by atoms with E-state index in [0.717, 1.165) is 46.0 Å². The van der Waals surface area contributed by atoms with Crippen LogP contribution in [0.5, 0.6) is 0 Å². The van der Waals surface area contributed by atoms with Crippen molar-refractivity contribution in [3.63, 3.8) is 0 Å². The van der Waals surface area contributed by atoms with Gasteiger partial charge in [0.15, 0.2) is 0 Å². The van der Waals surface area contributed by atoms with E-state index < -0.39 is 0 Å². The van der Waals surface area contributed by atoms with E-state index in [0.29, 0.717) is 23.5 Å². The second-order valence-electron chi connectivity index (χ2n) is 8.33. The average molecular weight is 414 g/mol. The standard InChI is InChI=1S/C23H22N6O2/c1-11-2-3-26-9-16(11)18-7-13-8-19(27-10-17(13)22(24)28-18)29-20(30)6-12-4-14-15(5-12)21(14)23(25)31/h2-3,6-10,14-15,21H,4-5H2,1H3,(H2,24,28)(H2,25,31)(H,27,29,30)/t14-,15+,21?. The minimum Gasteiger partial charge on any atom is -0.383 e. The van der Waals surface area contributed by atoms with Gasteiger partial charge in [-0.1, -0.05) is 5.57 Å². The number of hydrogen-bond donors (Lipinski definition) is 3. The fourth-order valence-electron chi connectivity index (χ4n) is 4.69. The first kappa shape index (κ1) is 19.2. The van der Waals surface area contributed by atoms with Crippen LogP contribution in [0.2, 0.25) is 0 Å². The van der Waals surface area contributed by atoms with Gasteiger partial charge in [0.1, 0.15) is 11.6 Å². The van der Waals surface area contributed by atoms with Gasteiger partial charge in [0, 0.05) is 41.5 Å². The molecular weight excluding hydrogens is 392 g/mol. The zero-order chi connectivity index (χ0) is 21.7. The Hall–Kier alpha value is -3.81. The molecule has 2 saturated carbocycles. The lowest BCUT2D eigenvalue weighted by Gasteiger charge is -2.10. The van der Waals surface area contributed by atoms with Gasteiger partial charge in [0.25, 0.3) is 0 Å². The Labute approximate surface area is 178 Å². The highest BCUT2D eigenvalue weighted by Gasteiger charge is 2.57. The molecule has 0 aliphatic heterocycles. The van der Waals surface area contributed by atoms with E-state index in [1.807, 2.05) is 19.1 Å². The molecule has 1 unspecified atom stereocenters. The molecule has 3 aromatic rings. The maximum Gasteiger partial charge on any atom is 0.249 e. The van der Waals surface area contributed by atoms with E-state index in [4.69, 9.17) is 11.5 Å². The molecule has 5 rings (SSSR count). The number of carbonyl (C=O) groups excluding carboxylic acids is 2. The number of rotatable bonds is 4. The zero-order valence-electron chi connectivity index (χ0n) is 17.0. The number of anilines is 2. The van der Waals surface area contributed by atoms with Crippen LogP contribution >= 0.6 is 0 Å². The van der Waals surface area contributed by atoms with Crippen LogP contribution in [-0.4, -0.2) is 26.8 Å². The van der Waals surface area contributed by atoms with Crippen molar-refractivity contribution in [1.29, 1.82) is 0 Å². The number of primary amides is 1. The normalized spacial score (nSPS) is 23.0. The lowest BCUT2D eigenvalue weighted by Crippen LogP contribution is -2.16. The fraction of sp³-hybridized carbons (Fsp3) is 0.261. The van der Waals surface area contributed by atoms with Gasteiger partial charge in [-0.15, -0.1) is 0 Å². The van der Waals surface area contributed by atoms with Crippen LogP contribution in [0.4, 0.5) is 11.6 Å². The quantitative estimate of drug-likeness (QED) is 0.561. The molecule has 156 valence electrons. The van der Waals surface area contributed by atoms with Crippen molar-refractivity contribution in [3.05, 3.63) is 54.0 Å². The van der Waals surface area contributed by atoms with Gasteiger partial charge in [-0.3, -0.25) is 14.6 Å². The van der Waals surface area contributed by atoms with E-state index in [-0.39, 0.29) is 17.7 Å². The molecular formula is C23H22N6O2. The first-order valence-electron chi connectivity index (χ1n) is 10.2. The number of aromatic nitrogens is 3. The lowest BCUT2D eigenvalue weighted by atomic mass is 10.1. The lowest BCUT2D eigenvalue weighted by molar-refractivity contribution is -0.119. The topological polar surface area (TPSA) is 137 Å². The molecule has 3 heterocycles. The van der Waals surface area contributed by atoms with Crippen molar-refractivity contribution in [3.8, 4) is 11.3 Å². The fourth-order valence-corrected chi connectivity index (χ4v) is 4.69. The van der Waals surface area contributed by atoms with E-state index in [2.05, 4.69) is 20.3 Å². The first-order valence-corrected chi connectivity index (χ1v) is 10.2. The second kappa shape index (κ2) is 7.16. The Kier molecular flexibility index (Phi) is 4.43. The van der Waals surface area contributed by atoms with Crippen LogP contribution in [0.15, 0.2) is 48.4 Å². The molecule has 2 amide bonds. The van der Waals surface area contributed by atoms with Crippen molar-refractivity contribution in [2.45, 2.75) is 19.8 Å². The van der Waals surface area contributed by atoms with Crippen molar-refractivity contribution >= 4 is 34.2 Å². The van der Waals surface area contributed by atoms with E-state index in [1.165, 1.54) is 0 Å². The summed E-state index contributed by atoms with van der Waals surface area (Å²) in [5, 5.41) is 4.37. The van der Waals surface area contributed by atoms with Crippen LogP contribution in [0.25, 0.3) is 22.0 Å². The van der Waals surface area contributed by atoms with Crippen LogP contribution < -0.4 is 16.8 Å². The van der Waals surface area contributed by atoms with E-state index >= 15 is 0 Å². The molecule has 8 heteroatoms. The van der Waals surface area contributed by atoms with Crippen molar-refractivity contribution in [2.75, 3.05) is 11.1 Å². The van der Waals surface area contributed by atoms with Crippen LogP contribution in [-0.2, 0) is 9.59 Å². The molecule has 3 atom stereocenters. The van der Waals surface area contributed by atoms with Gasteiger partial charge in [-0.25, -0.2) is 9.97 Å². The predicted octanol–water partition coefficient (Wildman–Crippen LogP) is 2.59. The number of aryl methyl sites for hydroxylation is 1. The Morgan fingerprint density at radius 1 is 1.19 bits per heavy atom. The largest absolute Gasteiger partial charge is 0.383 e. The maximum atomic E-state index is 12.5. The third-order valence-electron chi connectivity index (χ3n) is 6.30. The predicted molar refractivity (Wildman–Crippen MR) is 118 cm³/mol. The monoisotopic (exact) mass is 414 g/mol. The summed E-state index contributed by atoms with van der Waals surface area (Å²) < 4.78 is 0. The summed E-state index contributed by atoms with van der Waals surface area (Å²) in [4.78, 5) is 36.8.